The molecule has 1 saturated heterocycles. The zero-order valence-corrected chi connectivity index (χ0v) is 17.3. The minimum Gasteiger partial charge on any atom is -0.379 e. The SMILES string of the molecule is CN=C(NCCCOC1CCOC1)NCCC(c1ccccc1)c1ccccc1. The molecule has 29 heavy (non-hydrogen) atoms. The van der Waals surface area contributed by atoms with Crippen LogP contribution in [0.25, 0.3) is 0 Å². The second kappa shape index (κ2) is 12.2. The van der Waals surface area contributed by atoms with Crippen molar-refractivity contribution in [1.29, 1.82) is 0 Å². The van der Waals surface area contributed by atoms with E-state index >= 15 is 0 Å². The number of nitrogens with one attached hydrogen (secondary N) is 2. The Kier molecular flexibility index (Phi) is 9.01. The van der Waals surface area contributed by atoms with E-state index in [0.29, 0.717) is 5.92 Å². The van der Waals surface area contributed by atoms with Crippen LogP contribution in [-0.4, -0.2) is 52.0 Å². The van der Waals surface area contributed by atoms with Crippen LogP contribution < -0.4 is 10.6 Å². The molecule has 0 spiro atoms. The molecule has 0 saturated carbocycles. The van der Waals surface area contributed by atoms with Crippen LogP contribution in [0.15, 0.2) is 65.7 Å². The second-order valence-electron chi connectivity index (χ2n) is 7.30. The summed E-state index contributed by atoms with van der Waals surface area (Å²) < 4.78 is 11.1. The Labute approximate surface area is 174 Å². The first-order valence-electron chi connectivity index (χ1n) is 10.6. The third-order valence-electron chi connectivity index (χ3n) is 5.21. The quantitative estimate of drug-likeness (QED) is 0.367. The van der Waals surface area contributed by atoms with Gasteiger partial charge in [-0.05, 0) is 30.4 Å². The molecule has 1 aliphatic heterocycles. The van der Waals surface area contributed by atoms with Crippen molar-refractivity contribution in [1.82, 2.24) is 10.6 Å². The van der Waals surface area contributed by atoms with Crippen LogP contribution in [0, 0.1) is 0 Å². The Balaban J connectivity index is 1.41. The summed E-state index contributed by atoms with van der Waals surface area (Å²) in [5.41, 5.74) is 2.69. The van der Waals surface area contributed by atoms with Crippen molar-refractivity contribution in [3.05, 3.63) is 71.8 Å². The van der Waals surface area contributed by atoms with Crippen LogP contribution in [0.2, 0.25) is 0 Å². The fraction of sp³-hybridized carbons (Fsp3) is 0.458. The van der Waals surface area contributed by atoms with Gasteiger partial charge < -0.3 is 20.1 Å². The van der Waals surface area contributed by atoms with Crippen molar-refractivity contribution in [3.8, 4) is 0 Å². The molecule has 0 radical (unpaired) electrons. The summed E-state index contributed by atoms with van der Waals surface area (Å²) in [6.07, 6.45) is 3.24. The average Bonchev–Trinajstić information content (AvgIpc) is 3.30. The molecular formula is C24H33N3O2. The van der Waals surface area contributed by atoms with Crippen LogP contribution in [-0.2, 0) is 9.47 Å². The minimum atomic E-state index is 0.278. The van der Waals surface area contributed by atoms with E-state index in [-0.39, 0.29) is 6.10 Å². The largest absolute Gasteiger partial charge is 0.379 e. The van der Waals surface area contributed by atoms with Crippen molar-refractivity contribution >= 4 is 5.96 Å². The summed E-state index contributed by atoms with van der Waals surface area (Å²) in [7, 11) is 1.81. The van der Waals surface area contributed by atoms with Crippen molar-refractivity contribution in [2.24, 2.45) is 4.99 Å². The fourth-order valence-corrected chi connectivity index (χ4v) is 3.63. The number of benzene rings is 2. The zero-order valence-electron chi connectivity index (χ0n) is 17.3. The predicted octanol–water partition coefficient (Wildman–Crippen LogP) is 3.57. The number of rotatable bonds is 10. The summed E-state index contributed by atoms with van der Waals surface area (Å²) in [6.45, 7) is 4.01. The molecule has 2 N–H and O–H groups in total. The van der Waals surface area contributed by atoms with E-state index in [0.717, 1.165) is 58.1 Å². The molecule has 2 aromatic carbocycles. The molecule has 1 atom stereocenters. The van der Waals surface area contributed by atoms with Gasteiger partial charge in [0.15, 0.2) is 5.96 Å². The van der Waals surface area contributed by atoms with Gasteiger partial charge in [0.2, 0.25) is 0 Å². The van der Waals surface area contributed by atoms with Gasteiger partial charge in [-0.2, -0.15) is 0 Å². The maximum atomic E-state index is 5.80. The summed E-state index contributed by atoms with van der Waals surface area (Å²) in [5.74, 6) is 1.21. The molecule has 0 aromatic heterocycles. The Hall–Kier alpha value is -2.37. The van der Waals surface area contributed by atoms with Gasteiger partial charge in [-0.25, -0.2) is 0 Å². The topological polar surface area (TPSA) is 54.9 Å². The van der Waals surface area contributed by atoms with E-state index < -0.39 is 0 Å². The predicted molar refractivity (Wildman–Crippen MR) is 119 cm³/mol. The Morgan fingerprint density at radius 1 is 1.03 bits per heavy atom. The lowest BCUT2D eigenvalue weighted by Crippen LogP contribution is -2.39. The molecular weight excluding hydrogens is 362 g/mol. The Bertz CT molecular complexity index is 676. The number of aliphatic imine (C=N–C) groups is 1. The molecule has 3 rings (SSSR count). The molecule has 2 aromatic rings. The monoisotopic (exact) mass is 395 g/mol. The lowest BCUT2D eigenvalue weighted by atomic mass is 9.88. The van der Waals surface area contributed by atoms with Gasteiger partial charge in [-0.1, -0.05) is 60.7 Å². The molecule has 5 nitrogen and oxygen atoms in total. The highest BCUT2D eigenvalue weighted by molar-refractivity contribution is 5.79. The van der Waals surface area contributed by atoms with E-state index in [9.17, 15) is 0 Å². The minimum absolute atomic E-state index is 0.278. The normalized spacial score (nSPS) is 16.9. The van der Waals surface area contributed by atoms with Crippen molar-refractivity contribution in [2.45, 2.75) is 31.3 Å². The highest BCUT2D eigenvalue weighted by Crippen LogP contribution is 2.27. The smallest absolute Gasteiger partial charge is 0.190 e. The number of hydrogen-bond donors (Lipinski definition) is 2. The van der Waals surface area contributed by atoms with E-state index in [1.807, 2.05) is 7.05 Å². The van der Waals surface area contributed by atoms with E-state index in [2.05, 4.69) is 76.3 Å². The highest BCUT2D eigenvalue weighted by atomic mass is 16.5. The first-order chi connectivity index (χ1) is 14.4. The van der Waals surface area contributed by atoms with Crippen LogP contribution in [0.1, 0.15) is 36.3 Å². The molecule has 1 heterocycles. The van der Waals surface area contributed by atoms with E-state index in [1.165, 1.54) is 11.1 Å². The van der Waals surface area contributed by atoms with E-state index in [1.54, 1.807) is 0 Å². The van der Waals surface area contributed by atoms with Crippen molar-refractivity contribution in [2.75, 3.05) is 40.0 Å². The van der Waals surface area contributed by atoms with Gasteiger partial charge in [-0.15, -0.1) is 0 Å². The van der Waals surface area contributed by atoms with Crippen LogP contribution >= 0.6 is 0 Å². The number of guanidine groups is 1. The highest BCUT2D eigenvalue weighted by Gasteiger charge is 2.15. The average molecular weight is 396 g/mol. The molecule has 5 heteroatoms. The van der Waals surface area contributed by atoms with Crippen LogP contribution in [0.3, 0.4) is 0 Å². The van der Waals surface area contributed by atoms with Gasteiger partial charge in [0.25, 0.3) is 0 Å². The first-order valence-corrected chi connectivity index (χ1v) is 10.6. The Morgan fingerprint density at radius 3 is 2.28 bits per heavy atom. The number of ether oxygens (including phenoxy) is 2. The fourth-order valence-electron chi connectivity index (χ4n) is 3.63. The molecule has 1 fully saturated rings. The summed E-state index contributed by atoms with van der Waals surface area (Å²) in [6, 6.07) is 21.4. The summed E-state index contributed by atoms with van der Waals surface area (Å²) in [4.78, 5) is 4.34. The molecule has 1 unspecified atom stereocenters. The molecule has 1 aliphatic rings. The standard InChI is InChI=1S/C24H33N3O2/c1-25-24(26-15-8-17-29-22-14-18-28-19-22)27-16-13-23(20-9-4-2-5-10-20)21-11-6-3-7-12-21/h2-7,9-12,22-23H,8,13-19H2,1H3,(H2,25,26,27). The van der Waals surface area contributed by atoms with Crippen molar-refractivity contribution < 1.29 is 9.47 Å². The first kappa shape index (κ1) is 21.3. The summed E-state index contributed by atoms with van der Waals surface area (Å²) in [5, 5.41) is 6.83. The molecule has 0 amide bonds. The number of nitrogens with zero attached hydrogens (tertiary/aromatic N) is 1. The third kappa shape index (κ3) is 7.18. The molecule has 0 aliphatic carbocycles. The maximum Gasteiger partial charge on any atom is 0.190 e. The van der Waals surface area contributed by atoms with Gasteiger partial charge in [0.05, 0.1) is 12.7 Å². The lowest BCUT2D eigenvalue weighted by molar-refractivity contribution is 0.0420. The van der Waals surface area contributed by atoms with Gasteiger partial charge in [-0.3, -0.25) is 4.99 Å². The van der Waals surface area contributed by atoms with Gasteiger partial charge in [0.1, 0.15) is 0 Å². The van der Waals surface area contributed by atoms with Gasteiger partial charge >= 0.3 is 0 Å². The molecule has 156 valence electrons. The van der Waals surface area contributed by atoms with Crippen LogP contribution in [0.4, 0.5) is 0 Å². The lowest BCUT2D eigenvalue weighted by Gasteiger charge is -2.19. The summed E-state index contributed by atoms with van der Waals surface area (Å²) >= 11 is 0. The van der Waals surface area contributed by atoms with Crippen LogP contribution in [0.5, 0.6) is 0 Å². The molecule has 0 bridgehead atoms. The maximum absolute atomic E-state index is 5.80. The Morgan fingerprint density at radius 2 is 1.69 bits per heavy atom. The zero-order chi connectivity index (χ0) is 20.2. The number of hydrogen-bond acceptors (Lipinski definition) is 3. The van der Waals surface area contributed by atoms with Crippen molar-refractivity contribution in [3.63, 3.8) is 0 Å². The van der Waals surface area contributed by atoms with E-state index in [4.69, 9.17) is 9.47 Å². The second-order valence-corrected chi connectivity index (χ2v) is 7.30. The third-order valence-corrected chi connectivity index (χ3v) is 5.21. The van der Waals surface area contributed by atoms with Gasteiger partial charge in [0, 0.05) is 39.3 Å².